The molecule has 0 aliphatic carbocycles. The van der Waals surface area contributed by atoms with Crippen LogP contribution in [0.25, 0.3) is 11.0 Å². The Morgan fingerprint density at radius 2 is 1.70 bits per heavy atom. The van der Waals surface area contributed by atoms with Crippen molar-refractivity contribution in [3.8, 4) is 5.75 Å². The van der Waals surface area contributed by atoms with E-state index in [0.29, 0.717) is 28.9 Å². The van der Waals surface area contributed by atoms with E-state index in [1.807, 2.05) is 37.3 Å². The summed E-state index contributed by atoms with van der Waals surface area (Å²) in [5.74, 6) is -0.212. The highest BCUT2D eigenvalue weighted by molar-refractivity contribution is 5.87. The average Bonchev–Trinajstić information content (AvgIpc) is 2.73. The minimum absolute atomic E-state index is 0.0320. The molecule has 0 aliphatic heterocycles. The second-order valence-corrected chi connectivity index (χ2v) is 8.87. The summed E-state index contributed by atoms with van der Waals surface area (Å²) in [4.78, 5) is 36.7. The lowest BCUT2D eigenvalue weighted by Gasteiger charge is -2.19. The third-order valence-corrected chi connectivity index (χ3v) is 5.10. The van der Waals surface area contributed by atoms with Crippen molar-refractivity contribution in [2.24, 2.45) is 0 Å². The summed E-state index contributed by atoms with van der Waals surface area (Å²) in [5, 5.41) is 3.32. The Kier molecular flexibility index (Phi) is 7.21. The number of fused-ring (bicyclic) bond motifs is 1. The largest absolute Gasteiger partial charge is 0.444 e. The van der Waals surface area contributed by atoms with E-state index in [9.17, 15) is 14.4 Å². The normalized spacial score (nSPS) is 11.3. The van der Waals surface area contributed by atoms with Gasteiger partial charge in [0.05, 0.1) is 6.42 Å². The van der Waals surface area contributed by atoms with E-state index >= 15 is 0 Å². The lowest BCUT2D eigenvalue weighted by molar-refractivity contribution is -0.134. The third-order valence-electron chi connectivity index (χ3n) is 5.10. The van der Waals surface area contributed by atoms with Crippen LogP contribution in [0, 0.1) is 13.8 Å². The van der Waals surface area contributed by atoms with Crippen molar-refractivity contribution in [3.05, 3.63) is 75.1 Å². The van der Waals surface area contributed by atoms with Gasteiger partial charge >= 0.3 is 17.7 Å². The molecule has 0 bridgehead atoms. The minimum Gasteiger partial charge on any atom is -0.444 e. The monoisotopic (exact) mass is 451 g/mol. The Morgan fingerprint density at radius 1 is 1.00 bits per heavy atom. The number of benzene rings is 2. The van der Waals surface area contributed by atoms with Gasteiger partial charge in [0.15, 0.2) is 0 Å². The predicted octanol–water partition coefficient (Wildman–Crippen LogP) is 4.82. The molecular weight excluding hydrogens is 422 g/mol. The molecule has 1 heterocycles. The quantitative estimate of drug-likeness (QED) is 0.328. The summed E-state index contributed by atoms with van der Waals surface area (Å²) in [7, 11) is 0. The van der Waals surface area contributed by atoms with Gasteiger partial charge in [-0.05, 0) is 57.9 Å². The topological polar surface area (TPSA) is 94.8 Å². The molecule has 33 heavy (non-hydrogen) atoms. The van der Waals surface area contributed by atoms with Gasteiger partial charge in [0.2, 0.25) is 0 Å². The number of aryl methyl sites for hydroxylation is 2. The van der Waals surface area contributed by atoms with Crippen LogP contribution >= 0.6 is 0 Å². The number of alkyl carbamates (subject to hydrolysis) is 1. The molecule has 2 aromatic carbocycles. The fourth-order valence-electron chi connectivity index (χ4n) is 3.44. The second kappa shape index (κ2) is 9.90. The van der Waals surface area contributed by atoms with Gasteiger partial charge in [-0.15, -0.1) is 0 Å². The van der Waals surface area contributed by atoms with E-state index in [4.69, 9.17) is 13.9 Å². The first-order chi connectivity index (χ1) is 15.5. The van der Waals surface area contributed by atoms with Gasteiger partial charge in [0.25, 0.3) is 0 Å². The first-order valence-electron chi connectivity index (χ1n) is 10.8. The van der Waals surface area contributed by atoms with Crippen LogP contribution in [0.4, 0.5) is 4.79 Å². The van der Waals surface area contributed by atoms with Crippen LogP contribution in [-0.4, -0.2) is 24.2 Å². The van der Waals surface area contributed by atoms with E-state index < -0.39 is 23.3 Å². The zero-order chi connectivity index (χ0) is 24.2. The molecule has 0 unspecified atom stereocenters. The van der Waals surface area contributed by atoms with Crippen molar-refractivity contribution in [2.45, 2.75) is 53.1 Å². The maximum absolute atomic E-state index is 12.7. The van der Waals surface area contributed by atoms with Gasteiger partial charge in [0.1, 0.15) is 16.9 Å². The molecule has 0 fully saturated rings. The van der Waals surface area contributed by atoms with Crippen LogP contribution in [0.15, 0.2) is 51.7 Å². The van der Waals surface area contributed by atoms with Crippen molar-refractivity contribution in [3.63, 3.8) is 0 Å². The van der Waals surface area contributed by atoms with Crippen molar-refractivity contribution < 1.29 is 23.5 Å². The lowest BCUT2D eigenvalue weighted by atomic mass is 9.98. The van der Waals surface area contributed by atoms with Gasteiger partial charge in [0, 0.05) is 29.5 Å². The number of ether oxygens (including phenoxy) is 2. The molecule has 0 atom stereocenters. The van der Waals surface area contributed by atoms with Crippen LogP contribution in [0.3, 0.4) is 0 Å². The maximum atomic E-state index is 12.7. The molecule has 0 radical (unpaired) electrons. The van der Waals surface area contributed by atoms with Gasteiger partial charge in [-0.25, -0.2) is 9.59 Å². The number of carbonyl (C=O) groups is 2. The van der Waals surface area contributed by atoms with E-state index in [-0.39, 0.29) is 13.0 Å². The minimum atomic E-state index is -0.615. The summed E-state index contributed by atoms with van der Waals surface area (Å²) in [5.41, 5.74) is 2.40. The molecule has 7 nitrogen and oxygen atoms in total. The Morgan fingerprint density at radius 3 is 2.36 bits per heavy atom. The van der Waals surface area contributed by atoms with Crippen LogP contribution in [0.2, 0.25) is 0 Å². The molecule has 3 aromatic rings. The predicted molar refractivity (Wildman–Crippen MR) is 126 cm³/mol. The molecule has 0 aliphatic rings. The van der Waals surface area contributed by atoms with Crippen LogP contribution in [0.5, 0.6) is 5.75 Å². The molecule has 1 amide bonds. The number of hydrogen-bond donors (Lipinski definition) is 1. The SMILES string of the molecule is Cc1c(Cc2ccccc2)c(=O)oc2c(C)c(OC(=O)CCNC(=O)OC(C)(C)C)ccc12. The fourth-order valence-corrected chi connectivity index (χ4v) is 3.44. The number of rotatable bonds is 6. The summed E-state index contributed by atoms with van der Waals surface area (Å²) < 4.78 is 16.2. The number of hydrogen-bond acceptors (Lipinski definition) is 6. The third kappa shape index (κ3) is 6.22. The highest BCUT2D eigenvalue weighted by Crippen LogP contribution is 2.30. The number of nitrogens with one attached hydrogen (secondary N) is 1. The van der Waals surface area contributed by atoms with Gasteiger partial charge in [-0.2, -0.15) is 0 Å². The van der Waals surface area contributed by atoms with Crippen LogP contribution < -0.4 is 15.7 Å². The molecule has 3 rings (SSSR count). The number of carbonyl (C=O) groups excluding carboxylic acids is 2. The van der Waals surface area contributed by atoms with Crippen LogP contribution in [0.1, 0.15) is 49.4 Å². The van der Waals surface area contributed by atoms with Crippen molar-refractivity contribution in [1.82, 2.24) is 5.32 Å². The molecule has 0 saturated heterocycles. The van der Waals surface area contributed by atoms with Gasteiger partial charge < -0.3 is 19.2 Å². The van der Waals surface area contributed by atoms with E-state index in [2.05, 4.69) is 5.32 Å². The zero-order valence-corrected chi connectivity index (χ0v) is 19.6. The molecule has 7 heteroatoms. The Hall–Kier alpha value is -3.61. The van der Waals surface area contributed by atoms with Gasteiger partial charge in [-0.1, -0.05) is 30.3 Å². The highest BCUT2D eigenvalue weighted by atomic mass is 16.6. The summed E-state index contributed by atoms with van der Waals surface area (Å²) in [6, 6.07) is 13.2. The molecular formula is C26H29NO6. The number of amides is 1. The van der Waals surface area contributed by atoms with Crippen molar-refractivity contribution in [2.75, 3.05) is 6.54 Å². The second-order valence-electron chi connectivity index (χ2n) is 8.87. The lowest BCUT2D eigenvalue weighted by Crippen LogP contribution is -2.34. The Balaban J connectivity index is 1.73. The molecule has 1 aromatic heterocycles. The molecule has 0 spiro atoms. The number of esters is 1. The Bertz CT molecular complexity index is 1220. The van der Waals surface area contributed by atoms with Crippen molar-refractivity contribution >= 4 is 23.0 Å². The first-order valence-corrected chi connectivity index (χ1v) is 10.8. The summed E-state index contributed by atoms with van der Waals surface area (Å²) in [6.07, 6.45) is -0.151. The highest BCUT2D eigenvalue weighted by Gasteiger charge is 2.18. The molecule has 0 saturated carbocycles. The average molecular weight is 452 g/mol. The smallest absolute Gasteiger partial charge is 0.407 e. The van der Waals surface area contributed by atoms with E-state index in [0.717, 1.165) is 16.5 Å². The standard InChI is InChI=1S/C26H29NO6/c1-16-19-11-12-21(31-22(28)13-14-27-25(30)33-26(3,4)5)17(2)23(19)32-24(29)20(16)15-18-9-7-6-8-10-18/h6-12H,13-15H2,1-5H3,(H,27,30). The van der Waals surface area contributed by atoms with Crippen molar-refractivity contribution in [1.29, 1.82) is 0 Å². The van der Waals surface area contributed by atoms with E-state index in [1.54, 1.807) is 39.8 Å². The fraction of sp³-hybridized carbons (Fsp3) is 0.346. The summed E-state index contributed by atoms with van der Waals surface area (Å²) in [6.45, 7) is 8.99. The first kappa shape index (κ1) is 24.0. The molecule has 1 N–H and O–H groups in total. The van der Waals surface area contributed by atoms with Gasteiger partial charge in [-0.3, -0.25) is 4.79 Å². The maximum Gasteiger partial charge on any atom is 0.407 e. The van der Waals surface area contributed by atoms with E-state index in [1.165, 1.54) is 0 Å². The van der Waals surface area contributed by atoms with Crippen LogP contribution in [-0.2, 0) is 16.0 Å². The Labute approximate surface area is 192 Å². The molecule has 174 valence electrons. The summed E-state index contributed by atoms with van der Waals surface area (Å²) >= 11 is 0. The zero-order valence-electron chi connectivity index (χ0n) is 19.6.